The van der Waals surface area contributed by atoms with E-state index in [1.165, 1.54) is 139 Å². The van der Waals surface area contributed by atoms with E-state index in [9.17, 15) is 0 Å². The fraction of sp³-hybridized carbons (Fsp3) is 0. The molecule has 0 bridgehead atoms. The molecular weight excluding hydrogens is 1420 g/mol. The van der Waals surface area contributed by atoms with Crippen LogP contribution in [0.5, 0.6) is 0 Å². The van der Waals surface area contributed by atoms with Gasteiger partial charge >= 0.3 is 0 Å². The Labute approximate surface area is 664 Å². The van der Waals surface area contributed by atoms with Gasteiger partial charge in [-0.25, -0.2) is 24.9 Å². The number of nitrogens with zero attached hydrogens (tertiary/aromatic N) is 7. The number of fused-ring (bicyclic) bond motifs is 20. The molecule has 0 aliphatic carbocycles. The number of rotatable bonds is 11. The van der Waals surface area contributed by atoms with E-state index in [0.29, 0.717) is 23.3 Å². The van der Waals surface area contributed by atoms with E-state index in [1.807, 2.05) is 108 Å². The average Bonchev–Trinajstić information content (AvgIpc) is 1.54. The molecule has 0 unspecified atom stereocenters. The highest BCUT2D eigenvalue weighted by molar-refractivity contribution is 7.27. The molecule has 532 valence electrons. The van der Waals surface area contributed by atoms with Crippen molar-refractivity contribution < 1.29 is 0 Å². The van der Waals surface area contributed by atoms with Crippen LogP contribution >= 0.6 is 22.7 Å². The largest absolute Gasteiger partial charge is 0.309 e. The minimum atomic E-state index is 0.635. The fourth-order valence-corrected chi connectivity index (χ4v) is 19.5. The van der Waals surface area contributed by atoms with Crippen molar-refractivity contribution in [3.8, 4) is 113 Å². The normalized spacial score (nSPS) is 11.7. The Bertz CT molecular complexity index is 7600. The third-order valence-corrected chi connectivity index (χ3v) is 24.6. The summed E-state index contributed by atoms with van der Waals surface area (Å²) >= 11 is 3.79. The minimum absolute atomic E-state index is 0.635. The maximum atomic E-state index is 5.33. The van der Waals surface area contributed by atoms with Gasteiger partial charge in [0.25, 0.3) is 0 Å². The van der Waals surface area contributed by atoms with Crippen molar-refractivity contribution in [1.29, 1.82) is 0 Å². The quantitative estimate of drug-likeness (QED) is 0.129. The topological polar surface area (TPSA) is 74.3 Å². The van der Waals surface area contributed by atoms with Gasteiger partial charge in [0, 0.05) is 106 Å². The summed E-state index contributed by atoms with van der Waals surface area (Å²) in [6, 6.07) is 138. The second-order valence-corrected chi connectivity index (χ2v) is 31.0. The summed E-state index contributed by atoms with van der Waals surface area (Å²) in [4.78, 5) is 25.4. The van der Waals surface area contributed by atoms with E-state index in [1.54, 1.807) is 0 Å². The van der Waals surface area contributed by atoms with Crippen LogP contribution in [0.1, 0.15) is 0 Å². The van der Waals surface area contributed by atoms with Gasteiger partial charge in [-0.15, -0.1) is 22.7 Å². The molecule has 0 N–H and O–H groups in total. The molecule has 17 aromatic carbocycles. The monoisotopic (exact) mass is 1490 g/mol. The highest BCUT2D eigenvalue weighted by Gasteiger charge is 2.27. The zero-order valence-corrected chi connectivity index (χ0v) is 63.1. The van der Waals surface area contributed by atoms with Crippen molar-refractivity contribution >= 4 is 128 Å². The highest BCUT2D eigenvalue weighted by Crippen LogP contribution is 2.52. The second kappa shape index (κ2) is 27.7. The molecular formula is C105H65N7S2. The maximum Gasteiger partial charge on any atom is 0.164 e. The van der Waals surface area contributed by atoms with Gasteiger partial charge in [-0.2, -0.15) is 0 Å². The van der Waals surface area contributed by atoms with Crippen molar-refractivity contribution in [2.24, 2.45) is 0 Å². The third-order valence-electron chi connectivity index (χ3n) is 22.3. The number of hydrogen-bond donors (Lipinski definition) is 0. The number of hydrogen-bond acceptors (Lipinski definition) is 7. The minimum Gasteiger partial charge on any atom is -0.309 e. The lowest BCUT2D eigenvalue weighted by atomic mass is 9.97. The zero-order valence-electron chi connectivity index (χ0n) is 61.5. The van der Waals surface area contributed by atoms with Gasteiger partial charge in [0.15, 0.2) is 23.3 Å². The number of thiophene rings is 2. The van der Waals surface area contributed by atoms with E-state index in [2.05, 4.69) is 319 Å². The van der Waals surface area contributed by atoms with Crippen molar-refractivity contribution in [3.63, 3.8) is 0 Å². The molecule has 0 spiro atoms. The molecule has 6 heterocycles. The van der Waals surface area contributed by atoms with Crippen molar-refractivity contribution in [3.05, 3.63) is 394 Å². The van der Waals surface area contributed by atoms with Gasteiger partial charge in [-0.3, -0.25) is 0 Å². The molecule has 0 atom stereocenters. The first-order valence-corrected chi connectivity index (χ1v) is 40.1. The Hall–Kier alpha value is -14.6. The first-order valence-electron chi connectivity index (χ1n) is 38.4. The summed E-state index contributed by atoms with van der Waals surface area (Å²) in [6.45, 7) is 0. The summed E-state index contributed by atoms with van der Waals surface area (Å²) in [7, 11) is 0. The molecule has 114 heavy (non-hydrogen) atoms. The van der Waals surface area contributed by atoms with Gasteiger partial charge in [-0.05, 0) is 128 Å². The van der Waals surface area contributed by atoms with Crippen LogP contribution in [-0.4, -0.2) is 34.1 Å². The van der Waals surface area contributed by atoms with Gasteiger partial charge in [0.1, 0.15) is 0 Å². The molecule has 23 rings (SSSR count). The SMILES string of the molecule is c1ccc(-c2ccc3sc4c(c3c2)c2ccccc2c2c4c3cc(-c4ccccc4)ccc3n2-c2ccc(-c3nc(-c4ccccc4)nc(-c4ccccc4)n3)cc2)cc1.c1ccc(-c2ccc3sc4c(c3c2)c2ccccc2c2c4c3cc(-c4ccccc4)ccc3n2-c2cnc(-c3ccccc3)nc2-c2ccccc2)cc1. The fourth-order valence-electron chi connectivity index (χ4n) is 17.0. The van der Waals surface area contributed by atoms with E-state index in [0.717, 1.165) is 55.9 Å². The molecule has 0 fully saturated rings. The van der Waals surface area contributed by atoms with Crippen molar-refractivity contribution in [1.82, 2.24) is 34.1 Å². The number of benzene rings is 17. The number of aromatic nitrogens is 7. The molecule has 0 aliphatic heterocycles. The second-order valence-electron chi connectivity index (χ2n) is 28.9. The Morgan fingerprint density at radius 3 is 0.921 bits per heavy atom. The molecule has 9 heteroatoms. The van der Waals surface area contributed by atoms with Crippen LogP contribution < -0.4 is 0 Å². The van der Waals surface area contributed by atoms with E-state index >= 15 is 0 Å². The predicted molar refractivity (Wildman–Crippen MR) is 480 cm³/mol. The molecule has 0 saturated heterocycles. The molecule has 0 saturated carbocycles. The van der Waals surface area contributed by atoms with Crippen molar-refractivity contribution in [2.45, 2.75) is 0 Å². The van der Waals surface area contributed by atoms with Crippen LogP contribution in [0.25, 0.3) is 218 Å². The Balaban J connectivity index is 0.000000140. The molecule has 0 aliphatic rings. The molecule has 0 amide bonds. The van der Waals surface area contributed by atoms with E-state index in [-0.39, 0.29) is 0 Å². The molecule has 6 aromatic heterocycles. The maximum absolute atomic E-state index is 5.33. The Morgan fingerprint density at radius 1 is 0.211 bits per heavy atom. The van der Waals surface area contributed by atoms with Gasteiger partial charge < -0.3 is 9.13 Å². The third kappa shape index (κ3) is 11.3. The Morgan fingerprint density at radius 2 is 0.518 bits per heavy atom. The van der Waals surface area contributed by atoms with Gasteiger partial charge in [0.05, 0.1) is 39.6 Å². The average molecular weight is 1490 g/mol. The standard InChI is InChI=1S/C55H34N4S.C50H31N3S/c1-5-15-35(16-6-1)40-27-31-47-45(33-40)50-51(44-24-14-13-23-43(44)49-46-34-41(36-17-7-2-8-18-36)28-32-48(46)60-52(49)50)59(47)42-29-25-39(26-30-42)55-57-53(37-19-9-3-10-20-37)56-54(58-55)38-21-11-4-12-22-38;1-5-15-32(16-6-1)36-25-27-42-40(29-36)46-48(53(42)43-31-51-50(35-21-11-4-12-22-35)52-47(43)34-19-9-3-10-20-34)39-24-14-13-23-38(39)45-41-30-37(33-17-7-2-8-18-33)26-28-44(41)54-49(45)46/h1-34H;1-31H. The molecule has 0 radical (unpaired) electrons. The van der Waals surface area contributed by atoms with Crippen molar-refractivity contribution in [2.75, 3.05) is 0 Å². The van der Waals surface area contributed by atoms with Crippen LogP contribution in [0.3, 0.4) is 0 Å². The Kier molecular flexibility index (Phi) is 16.2. The summed E-state index contributed by atoms with van der Waals surface area (Å²) < 4.78 is 10.1. The lowest BCUT2D eigenvalue weighted by Crippen LogP contribution is -2.03. The van der Waals surface area contributed by atoms with Gasteiger partial charge in [0.2, 0.25) is 0 Å². The van der Waals surface area contributed by atoms with E-state index in [4.69, 9.17) is 24.9 Å². The summed E-state index contributed by atoms with van der Waals surface area (Å²) in [5.74, 6) is 2.64. The van der Waals surface area contributed by atoms with Crippen LogP contribution in [0.4, 0.5) is 0 Å². The van der Waals surface area contributed by atoms with E-state index < -0.39 is 0 Å². The summed E-state index contributed by atoms with van der Waals surface area (Å²) in [5.41, 5.74) is 22.1. The zero-order chi connectivity index (χ0) is 75.2. The smallest absolute Gasteiger partial charge is 0.164 e. The lowest BCUT2D eigenvalue weighted by Gasteiger charge is -2.15. The molecule has 7 nitrogen and oxygen atoms in total. The highest BCUT2D eigenvalue weighted by atomic mass is 32.1. The van der Waals surface area contributed by atoms with Crippen LogP contribution in [0.2, 0.25) is 0 Å². The first kappa shape index (κ1) is 66.4. The predicted octanol–water partition coefficient (Wildman–Crippen LogP) is 28.6. The lowest BCUT2D eigenvalue weighted by molar-refractivity contribution is 1.07. The van der Waals surface area contributed by atoms with Crippen LogP contribution in [0.15, 0.2) is 394 Å². The first-order chi connectivity index (χ1) is 56.5. The van der Waals surface area contributed by atoms with Gasteiger partial charge in [-0.1, -0.05) is 315 Å². The van der Waals surface area contributed by atoms with Crippen LogP contribution in [0, 0.1) is 0 Å². The summed E-state index contributed by atoms with van der Waals surface area (Å²) in [5, 5.41) is 15.1. The molecule has 23 aromatic rings. The summed E-state index contributed by atoms with van der Waals surface area (Å²) in [6.07, 6.45) is 2.03. The van der Waals surface area contributed by atoms with Crippen LogP contribution in [-0.2, 0) is 0 Å².